The van der Waals surface area contributed by atoms with Crippen molar-refractivity contribution in [2.24, 2.45) is 5.92 Å². The zero-order valence-corrected chi connectivity index (χ0v) is 12.7. The number of anilines is 1. The second-order valence-electron chi connectivity index (χ2n) is 4.93. The maximum absolute atomic E-state index is 12.2. The van der Waals surface area contributed by atoms with E-state index in [0.29, 0.717) is 30.1 Å². The molecule has 1 fully saturated rings. The molecule has 0 unspecified atom stereocenters. The van der Waals surface area contributed by atoms with Crippen LogP contribution in [0.3, 0.4) is 0 Å². The molecule has 2 rings (SSSR count). The van der Waals surface area contributed by atoms with Crippen LogP contribution in [0.15, 0.2) is 24.3 Å². The van der Waals surface area contributed by atoms with Gasteiger partial charge in [0.1, 0.15) is 0 Å². The van der Waals surface area contributed by atoms with Crippen molar-refractivity contribution in [1.82, 2.24) is 4.31 Å². The van der Waals surface area contributed by atoms with Gasteiger partial charge in [0, 0.05) is 13.1 Å². The van der Waals surface area contributed by atoms with Gasteiger partial charge in [0.2, 0.25) is 15.9 Å². The van der Waals surface area contributed by atoms with Gasteiger partial charge >= 0.3 is 0 Å². The van der Waals surface area contributed by atoms with Gasteiger partial charge in [0.25, 0.3) is 0 Å². The van der Waals surface area contributed by atoms with Crippen LogP contribution in [0.4, 0.5) is 5.69 Å². The van der Waals surface area contributed by atoms with Crippen LogP contribution in [0.2, 0.25) is 5.02 Å². The van der Waals surface area contributed by atoms with Gasteiger partial charge in [-0.2, -0.15) is 0 Å². The number of nitrogens with zero attached hydrogens (tertiary/aromatic N) is 1. The topological polar surface area (TPSA) is 66.5 Å². The first kappa shape index (κ1) is 15.3. The Morgan fingerprint density at radius 1 is 1.40 bits per heavy atom. The Labute approximate surface area is 124 Å². The molecule has 0 aromatic heterocycles. The Hall–Kier alpha value is -1.11. The first-order valence-corrected chi connectivity index (χ1v) is 8.61. The summed E-state index contributed by atoms with van der Waals surface area (Å²) in [5.74, 6) is -0.527. The molecule has 0 spiro atoms. The van der Waals surface area contributed by atoms with Gasteiger partial charge in [0.05, 0.1) is 22.9 Å². The average molecular weight is 317 g/mol. The highest BCUT2D eigenvalue weighted by molar-refractivity contribution is 7.88. The normalized spacial score (nSPS) is 20.6. The second-order valence-corrected chi connectivity index (χ2v) is 7.32. The maximum atomic E-state index is 12.2. The van der Waals surface area contributed by atoms with Crippen molar-refractivity contribution in [3.63, 3.8) is 0 Å². The fourth-order valence-electron chi connectivity index (χ4n) is 2.26. The second kappa shape index (κ2) is 6.11. The van der Waals surface area contributed by atoms with Crippen LogP contribution in [0.5, 0.6) is 0 Å². The molecule has 0 radical (unpaired) electrons. The van der Waals surface area contributed by atoms with Crippen molar-refractivity contribution < 1.29 is 13.2 Å². The van der Waals surface area contributed by atoms with E-state index in [2.05, 4.69) is 5.32 Å². The lowest BCUT2D eigenvalue weighted by Gasteiger charge is -2.30. The molecule has 0 saturated carbocycles. The minimum atomic E-state index is -3.25. The van der Waals surface area contributed by atoms with Crippen LogP contribution >= 0.6 is 11.6 Å². The molecule has 0 bridgehead atoms. The van der Waals surface area contributed by atoms with E-state index in [1.807, 2.05) is 0 Å². The molecule has 1 aromatic rings. The first-order valence-electron chi connectivity index (χ1n) is 6.38. The van der Waals surface area contributed by atoms with Gasteiger partial charge in [-0.1, -0.05) is 23.7 Å². The fraction of sp³-hybridized carbons (Fsp3) is 0.462. The van der Waals surface area contributed by atoms with Crippen LogP contribution in [0.25, 0.3) is 0 Å². The molecule has 1 saturated heterocycles. The number of rotatable bonds is 3. The van der Waals surface area contributed by atoms with Crippen LogP contribution < -0.4 is 5.32 Å². The number of para-hydroxylation sites is 1. The maximum Gasteiger partial charge on any atom is 0.228 e. The number of hydrogen-bond acceptors (Lipinski definition) is 3. The molecule has 1 aliphatic rings. The lowest BCUT2D eigenvalue weighted by molar-refractivity contribution is -0.120. The van der Waals surface area contributed by atoms with Gasteiger partial charge in [-0.25, -0.2) is 12.7 Å². The number of halogens is 1. The van der Waals surface area contributed by atoms with Crippen molar-refractivity contribution in [1.29, 1.82) is 0 Å². The molecular weight excluding hydrogens is 300 g/mol. The SMILES string of the molecule is CS(=O)(=O)N1CCC[C@H](C(=O)Nc2ccccc2Cl)C1. The highest BCUT2D eigenvalue weighted by Gasteiger charge is 2.30. The largest absolute Gasteiger partial charge is 0.324 e. The molecule has 5 nitrogen and oxygen atoms in total. The first-order chi connectivity index (χ1) is 9.38. The Morgan fingerprint density at radius 3 is 2.75 bits per heavy atom. The molecule has 110 valence electrons. The van der Waals surface area contributed by atoms with Gasteiger partial charge < -0.3 is 5.32 Å². The number of amides is 1. The van der Waals surface area contributed by atoms with E-state index in [1.54, 1.807) is 24.3 Å². The monoisotopic (exact) mass is 316 g/mol. The summed E-state index contributed by atoms with van der Waals surface area (Å²) < 4.78 is 24.4. The minimum absolute atomic E-state index is 0.188. The third-order valence-corrected chi connectivity index (χ3v) is 4.95. The molecule has 1 aliphatic heterocycles. The number of piperidine rings is 1. The summed E-state index contributed by atoms with van der Waals surface area (Å²) >= 11 is 5.99. The van der Waals surface area contributed by atoms with Gasteiger partial charge in [0.15, 0.2) is 0 Å². The number of sulfonamides is 1. The highest BCUT2D eigenvalue weighted by atomic mass is 35.5. The quantitative estimate of drug-likeness (QED) is 0.927. The number of carbonyl (C=O) groups excluding carboxylic acids is 1. The van der Waals surface area contributed by atoms with Crippen molar-refractivity contribution in [2.75, 3.05) is 24.7 Å². The van der Waals surface area contributed by atoms with E-state index in [0.717, 1.165) is 0 Å². The standard InChI is InChI=1S/C13H17ClN2O3S/c1-20(18,19)16-8-4-5-10(9-16)13(17)15-12-7-3-2-6-11(12)14/h2-3,6-7,10H,4-5,8-9H2,1H3,(H,15,17)/t10-/m0/s1. The van der Waals surface area contributed by atoms with Crippen molar-refractivity contribution >= 4 is 33.2 Å². The minimum Gasteiger partial charge on any atom is -0.324 e. The van der Waals surface area contributed by atoms with Crippen LogP contribution in [-0.4, -0.2) is 38.0 Å². The van der Waals surface area contributed by atoms with E-state index >= 15 is 0 Å². The Kier molecular flexibility index (Phi) is 4.67. The van der Waals surface area contributed by atoms with Crippen molar-refractivity contribution in [3.05, 3.63) is 29.3 Å². The lowest BCUT2D eigenvalue weighted by atomic mass is 9.99. The summed E-state index contributed by atoms with van der Waals surface area (Å²) in [6.45, 7) is 0.712. The summed E-state index contributed by atoms with van der Waals surface area (Å²) in [4.78, 5) is 12.2. The van der Waals surface area contributed by atoms with E-state index in [9.17, 15) is 13.2 Å². The zero-order valence-electron chi connectivity index (χ0n) is 11.2. The van der Waals surface area contributed by atoms with Gasteiger partial charge in [-0.15, -0.1) is 0 Å². The van der Waals surface area contributed by atoms with Crippen molar-refractivity contribution in [2.45, 2.75) is 12.8 Å². The smallest absolute Gasteiger partial charge is 0.228 e. The molecule has 1 heterocycles. The predicted octanol–water partition coefficient (Wildman–Crippen LogP) is 1.95. The average Bonchev–Trinajstić information content (AvgIpc) is 2.40. The summed E-state index contributed by atoms with van der Waals surface area (Å²) in [6, 6.07) is 6.98. The summed E-state index contributed by atoms with van der Waals surface area (Å²) in [5, 5.41) is 3.23. The van der Waals surface area contributed by atoms with E-state index in [1.165, 1.54) is 10.6 Å². The number of nitrogens with one attached hydrogen (secondary N) is 1. The van der Waals surface area contributed by atoms with Crippen molar-refractivity contribution in [3.8, 4) is 0 Å². The van der Waals surface area contributed by atoms with Crippen LogP contribution in [-0.2, 0) is 14.8 Å². The summed E-state index contributed by atoms with van der Waals surface area (Å²) in [6.07, 6.45) is 2.54. The van der Waals surface area contributed by atoms with Crippen LogP contribution in [0.1, 0.15) is 12.8 Å². The van der Waals surface area contributed by atoms with E-state index < -0.39 is 10.0 Å². The van der Waals surface area contributed by atoms with E-state index in [-0.39, 0.29) is 18.4 Å². The molecule has 1 N–H and O–H groups in total. The molecule has 1 atom stereocenters. The highest BCUT2D eigenvalue weighted by Crippen LogP contribution is 2.24. The van der Waals surface area contributed by atoms with Gasteiger partial charge in [-0.05, 0) is 25.0 Å². The lowest BCUT2D eigenvalue weighted by Crippen LogP contribution is -2.43. The molecule has 20 heavy (non-hydrogen) atoms. The van der Waals surface area contributed by atoms with E-state index in [4.69, 9.17) is 11.6 Å². The summed E-state index contributed by atoms with van der Waals surface area (Å²) in [5.41, 5.74) is 0.552. The number of carbonyl (C=O) groups is 1. The zero-order chi connectivity index (χ0) is 14.8. The number of hydrogen-bond donors (Lipinski definition) is 1. The Balaban J connectivity index is 2.04. The Morgan fingerprint density at radius 2 is 2.10 bits per heavy atom. The predicted molar refractivity (Wildman–Crippen MR) is 79.2 cm³/mol. The molecule has 1 aromatic carbocycles. The fourth-order valence-corrected chi connectivity index (χ4v) is 3.35. The third-order valence-electron chi connectivity index (χ3n) is 3.36. The van der Waals surface area contributed by atoms with Crippen LogP contribution in [0, 0.1) is 5.92 Å². The molecule has 7 heteroatoms. The molecular formula is C13H17ClN2O3S. The molecule has 1 amide bonds. The summed E-state index contributed by atoms with van der Waals surface area (Å²) in [7, 11) is -3.25. The third kappa shape index (κ3) is 3.71. The number of benzene rings is 1. The van der Waals surface area contributed by atoms with Gasteiger partial charge in [-0.3, -0.25) is 4.79 Å². The molecule has 0 aliphatic carbocycles. The Bertz CT molecular complexity index is 603.